The Morgan fingerprint density at radius 2 is 1.46 bits per heavy atom. The van der Waals surface area contributed by atoms with Gasteiger partial charge in [0, 0.05) is 43.0 Å². The van der Waals surface area contributed by atoms with E-state index in [9.17, 15) is 0 Å². The molecule has 7 aromatic rings. The van der Waals surface area contributed by atoms with Gasteiger partial charge in [-0.25, -0.2) is 24.9 Å². The summed E-state index contributed by atoms with van der Waals surface area (Å²) in [7, 11) is 0. The number of aromatic amines is 1. The Bertz CT molecular complexity index is 1980. The number of imidazole rings is 2. The first kappa shape index (κ1) is 23.9. The summed E-state index contributed by atoms with van der Waals surface area (Å²) < 4.78 is 2.26. The molecular weight excluding hydrogens is 508 g/mol. The van der Waals surface area contributed by atoms with E-state index in [0.29, 0.717) is 6.04 Å². The second kappa shape index (κ2) is 9.91. The minimum Gasteiger partial charge on any atom is -0.345 e. The zero-order valence-corrected chi connectivity index (χ0v) is 22.5. The van der Waals surface area contributed by atoms with E-state index in [2.05, 4.69) is 65.8 Å². The third-order valence-corrected chi connectivity index (χ3v) is 8.17. The van der Waals surface area contributed by atoms with Gasteiger partial charge in [-0.3, -0.25) is 4.90 Å². The molecule has 200 valence electrons. The Balaban J connectivity index is 1.04. The number of nitrogens with zero attached hydrogens (tertiary/aromatic N) is 7. The van der Waals surface area contributed by atoms with Crippen molar-refractivity contribution in [3.05, 3.63) is 103 Å². The highest BCUT2D eigenvalue weighted by molar-refractivity contribution is 5.94. The van der Waals surface area contributed by atoms with Crippen molar-refractivity contribution < 1.29 is 0 Å². The van der Waals surface area contributed by atoms with E-state index in [1.165, 1.54) is 5.56 Å². The van der Waals surface area contributed by atoms with Crippen LogP contribution < -0.4 is 0 Å². The van der Waals surface area contributed by atoms with Crippen molar-refractivity contribution in [1.29, 1.82) is 0 Å². The molecular formula is C33H28N8. The number of hydrogen-bond acceptors (Lipinski definition) is 6. The zero-order valence-electron chi connectivity index (χ0n) is 22.5. The van der Waals surface area contributed by atoms with Crippen LogP contribution in [0.3, 0.4) is 0 Å². The number of pyridine rings is 1. The maximum absolute atomic E-state index is 5.11. The summed E-state index contributed by atoms with van der Waals surface area (Å²) >= 11 is 0. The molecule has 0 bridgehead atoms. The summed E-state index contributed by atoms with van der Waals surface area (Å²) in [6.07, 6.45) is 7.70. The molecule has 5 heterocycles. The van der Waals surface area contributed by atoms with Gasteiger partial charge < -0.3 is 9.55 Å². The fourth-order valence-electron chi connectivity index (χ4n) is 6.00. The van der Waals surface area contributed by atoms with Crippen molar-refractivity contribution in [1.82, 2.24) is 39.4 Å². The number of hydrogen-bond donors (Lipinski definition) is 1. The number of fused-ring (bicyclic) bond motifs is 3. The van der Waals surface area contributed by atoms with Gasteiger partial charge in [0.05, 0.1) is 46.1 Å². The molecule has 1 saturated heterocycles. The van der Waals surface area contributed by atoms with Crippen LogP contribution in [0.1, 0.15) is 24.4 Å². The van der Waals surface area contributed by atoms with Crippen molar-refractivity contribution in [2.45, 2.75) is 25.4 Å². The molecule has 1 aliphatic rings. The van der Waals surface area contributed by atoms with E-state index >= 15 is 0 Å². The molecule has 1 fully saturated rings. The Labute approximate surface area is 236 Å². The first-order valence-electron chi connectivity index (χ1n) is 14.1. The number of benzene rings is 3. The van der Waals surface area contributed by atoms with Crippen LogP contribution in [0.5, 0.6) is 0 Å². The Morgan fingerprint density at radius 1 is 0.707 bits per heavy atom. The summed E-state index contributed by atoms with van der Waals surface area (Å²) in [6.45, 7) is 3.03. The smallest absolute Gasteiger partial charge is 0.160 e. The number of nitrogens with one attached hydrogen (secondary N) is 1. The molecule has 41 heavy (non-hydrogen) atoms. The van der Waals surface area contributed by atoms with Crippen molar-refractivity contribution in [2.24, 2.45) is 0 Å². The van der Waals surface area contributed by atoms with Crippen LogP contribution >= 0.6 is 0 Å². The number of rotatable bonds is 5. The van der Waals surface area contributed by atoms with Gasteiger partial charge in [-0.15, -0.1) is 0 Å². The number of piperidine rings is 1. The van der Waals surface area contributed by atoms with E-state index in [-0.39, 0.29) is 0 Å². The summed E-state index contributed by atoms with van der Waals surface area (Å²) in [5.41, 5.74) is 10.7. The Hall–Kier alpha value is -4.95. The normalized spacial score (nSPS) is 14.8. The molecule has 3 aromatic carbocycles. The van der Waals surface area contributed by atoms with E-state index < -0.39 is 0 Å². The van der Waals surface area contributed by atoms with Gasteiger partial charge in [0.1, 0.15) is 5.52 Å². The average molecular weight is 537 g/mol. The predicted octanol–water partition coefficient (Wildman–Crippen LogP) is 6.42. The van der Waals surface area contributed by atoms with Crippen molar-refractivity contribution >= 4 is 33.2 Å². The lowest BCUT2D eigenvalue weighted by atomic mass is 10.0. The van der Waals surface area contributed by atoms with Gasteiger partial charge in [-0.1, -0.05) is 54.6 Å². The summed E-state index contributed by atoms with van der Waals surface area (Å²) in [5, 5.41) is 0. The Morgan fingerprint density at radius 3 is 2.27 bits per heavy atom. The molecule has 0 saturated carbocycles. The summed E-state index contributed by atoms with van der Waals surface area (Å²) in [4.78, 5) is 29.4. The lowest BCUT2D eigenvalue weighted by molar-refractivity contribution is 0.181. The third-order valence-electron chi connectivity index (χ3n) is 8.17. The summed E-state index contributed by atoms with van der Waals surface area (Å²) in [5.74, 6) is 0. The van der Waals surface area contributed by atoms with Crippen LogP contribution in [-0.4, -0.2) is 52.5 Å². The highest BCUT2D eigenvalue weighted by Gasteiger charge is 2.22. The van der Waals surface area contributed by atoms with Crippen LogP contribution in [0.25, 0.3) is 55.7 Å². The maximum atomic E-state index is 5.11. The Kier molecular flexibility index (Phi) is 5.77. The molecule has 0 amide bonds. The van der Waals surface area contributed by atoms with E-state index in [0.717, 1.165) is 88.2 Å². The molecule has 1 aliphatic heterocycles. The second-order valence-corrected chi connectivity index (χ2v) is 10.7. The quantitative estimate of drug-likeness (QED) is 0.273. The average Bonchev–Trinajstić information content (AvgIpc) is 3.67. The molecule has 0 aliphatic carbocycles. The van der Waals surface area contributed by atoms with Gasteiger partial charge in [-0.05, 0) is 42.7 Å². The van der Waals surface area contributed by atoms with Gasteiger partial charge in [0.15, 0.2) is 5.65 Å². The van der Waals surface area contributed by atoms with E-state index in [1.54, 1.807) is 6.33 Å². The summed E-state index contributed by atoms with van der Waals surface area (Å²) in [6, 6.07) is 27.6. The van der Waals surface area contributed by atoms with Crippen LogP contribution in [-0.2, 0) is 6.54 Å². The van der Waals surface area contributed by atoms with Gasteiger partial charge >= 0.3 is 0 Å². The number of H-pyrrole nitrogens is 1. The molecule has 0 spiro atoms. The van der Waals surface area contributed by atoms with Gasteiger partial charge in [-0.2, -0.15) is 0 Å². The number of likely N-dealkylation sites (tertiary alicyclic amines) is 1. The molecule has 8 rings (SSSR count). The molecule has 4 aromatic heterocycles. The molecule has 0 unspecified atom stereocenters. The first-order valence-corrected chi connectivity index (χ1v) is 14.1. The van der Waals surface area contributed by atoms with Crippen molar-refractivity contribution in [3.63, 3.8) is 0 Å². The van der Waals surface area contributed by atoms with Crippen LogP contribution in [0.4, 0.5) is 0 Å². The van der Waals surface area contributed by atoms with Crippen molar-refractivity contribution in [2.75, 3.05) is 13.1 Å². The SMILES string of the molecule is c1ccc(-c2nc3cc4[nH]cnc4cc3nc2-c2ccc(CN3CCC(n4cnc5cccnc54)CC3)cc2)cc1. The van der Waals surface area contributed by atoms with Crippen LogP contribution in [0, 0.1) is 0 Å². The molecule has 1 N–H and O–H groups in total. The number of aromatic nitrogens is 7. The first-order chi connectivity index (χ1) is 20.3. The fourth-order valence-corrected chi connectivity index (χ4v) is 6.00. The fraction of sp³-hybridized carbons (Fsp3) is 0.182. The molecule has 8 nitrogen and oxygen atoms in total. The lowest BCUT2D eigenvalue weighted by Gasteiger charge is -2.32. The van der Waals surface area contributed by atoms with Crippen LogP contribution in [0.15, 0.2) is 97.7 Å². The molecule has 0 radical (unpaired) electrons. The van der Waals surface area contributed by atoms with Gasteiger partial charge in [0.25, 0.3) is 0 Å². The monoisotopic (exact) mass is 536 g/mol. The van der Waals surface area contributed by atoms with Crippen LogP contribution in [0.2, 0.25) is 0 Å². The standard InChI is InChI=1S/C33H28N8/c1-2-5-23(6-3-1)31-32(39-30-18-28-27(35-20-36-28)17-29(30)38-31)24-10-8-22(9-11-24)19-40-15-12-25(13-16-40)41-21-37-26-7-4-14-34-33(26)41/h1-11,14,17-18,20-21,25H,12-13,15-16,19H2,(H,35,36). The van der Waals surface area contributed by atoms with Gasteiger partial charge in [0.2, 0.25) is 0 Å². The van der Waals surface area contributed by atoms with E-state index in [4.69, 9.17) is 9.97 Å². The minimum absolute atomic E-state index is 0.444. The van der Waals surface area contributed by atoms with Crippen molar-refractivity contribution in [3.8, 4) is 22.5 Å². The third kappa shape index (κ3) is 4.42. The largest absolute Gasteiger partial charge is 0.345 e. The lowest BCUT2D eigenvalue weighted by Crippen LogP contribution is -2.34. The maximum Gasteiger partial charge on any atom is 0.160 e. The highest BCUT2D eigenvalue weighted by Crippen LogP contribution is 2.32. The second-order valence-electron chi connectivity index (χ2n) is 10.7. The zero-order chi connectivity index (χ0) is 27.2. The molecule has 8 heteroatoms. The predicted molar refractivity (Wildman–Crippen MR) is 161 cm³/mol. The van der Waals surface area contributed by atoms with E-state index in [1.807, 2.05) is 55.0 Å². The minimum atomic E-state index is 0.444. The highest BCUT2D eigenvalue weighted by atomic mass is 15.2. The molecule has 0 atom stereocenters. The topological polar surface area (TPSA) is 88.4 Å².